The molecule has 0 aromatic heterocycles. The second-order valence-corrected chi connectivity index (χ2v) is 7.92. The first kappa shape index (κ1) is 7.89. The van der Waals surface area contributed by atoms with E-state index < -0.39 is 0 Å². The summed E-state index contributed by atoms with van der Waals surface area (Å²) in [6, 6.07) is 8.68. The molecule has 1 aromatic rings. The van der Waals surface area contributed by atoms with Gasteiger partial charge in [0.2, 0.25) is 0 Å². The van der Waals surface area contributed by atoms with Crippen molar-refractivity contribution in [1.29, 1.82) is 0 Å². The van der Waals surface area contributed by atoms with E-state index in [1.807, 2.05) is 0 Å². The van der Waals surface area contributed by atoms with Crippen LogP contribution < -0.4 is 9.36 Å². The van der Waals surface area contributed by atoms with Crippen LogP contribution in [0.1, 0.15) is 0 Å². The van der Waals surface area contributed by atoms with E-state index in [4.69, 9.17) is 0 Å². The van der Waals surface area contributed by atoms with Gasteiger partial charge in [0.05, 0.1) is 0 Å². The average Bonchev–Trinajstić information content (AvgIpc) is 2.30. The third-order valence-corrected chi connectivity index (χ3v) is 6.26. The third kappa shape index (κ3) is 1.30. The summed E-state index contributed by atoms with van der Waals surface area (Å²) in [5, 5.41) is 0. The summed E-state index contributed by atoms with van der Waals surface area (Å²) in [5.41, 5.74) is 1.42. The van der Waals surface area contributed by atoms with Crippen molar-refractivity contribution in [3.05, 3.63) is 24.3 Å². The van der Waals surface area contributed by atoms with Crippen LogP contribution in [0.3, 0.4) is 0 Å². The van der Waals surface area contributed by atoms with Crippen LogP contribution in [0, 0.1) is 0 Å². The Bertz CT molecular complexity index is 277. The van der Waals surface area contributed by atoms with Gasteiger partial charge in [-0.2, -0.15) is 0 Å². The predicted octanol–water partition coefficient (Wildman–Crippen LogP) is 1.18. The Kier molecular flexibility index (Phi) is 2.12. The van der Waals surface area contributed by atoms with E-state index in [2.05, 4.69) is 58.8 Å². The molecular weight excluding hydrogens is 316 g/mol. The van der Waals surface area contributed by atoms with Gasteiger partial charge in [0, 0.05) is 0 Å². The number of alkyl halides is 1. The quantitative estimate of drug-likeness (QED) is 0.300. The molecule has 1 aromatic carbocycles. The fraction of sp³-hybridized carbons (Fsp3) is 0.250. The number of fused-ring (bicyclic) bond motifs is 1. The van der Waals surface area contributed by atoms with Crippen LogP contribution in [0.5, 0.6) is 0 Å². The topological polar surface area (TPSA) is 3.24 Å². The van der Waals surface area contributed by atoms with Crippen LogP contribution in [-0.2, 0) is 0 Å². The van der Waals surface area contributed by atoms with Crippen LogP contribution in [0.2, 0.25) is 0 Å². The van der Waals surface area contributed by atoms with E-state index in [0.29, 0.717) is 17.9 Å². The Morgan fingerprint density at radius 3 is 2.91 bits per heavy atom. The van der Waals surface area contributed by atoms with Crippen molar-refractivity contribution >= 4 is 47.7 Å². The fourth-order valence-corrected chi connectivity index (χ4v) is 4.90. The average molecular weight is 324 g/mol. The van der Waals surface area contributed by atoms with Crippen molar-refractivity contribution in [2.24, 2.45) is 0 Å². The van der Waals surface area contributed by atoms with Crippen molar-refractivity contribution in [2.45, 2.75) is 2.95 Å². The number of rotatable bonds is 0. The number of hydrogen-bond acceptors (Lipinski definition) is 1. The van der Waals surface area contributed by atoms with Gasteiger partial charge in [-0.3, -0.25) is 0 Å². The van der Waals surface area contributed by atoms with Gasteiger partial charge in [-0.05, 0) is 0 Å². The molecule has 1 atom stereocenters. The van der Waals surface area contributed by atoms with Crippen LogP contribution in [0.25, 0.3) is 0 Å². The molecule has 2 rings (SSSR count). The molecule has 58 valence electrons. The molecule has 1 nitrogen and oxygen atoms in total. The Labute approximate surface area is 86.5 Å². The minimum absolute atomic E-state index is 0.645. The SMILES string of the molecule is CN1c2ccccc2[Se]C1I. The fourth-order valence-electron chi connectivity index (χ4n) is 1.14. The molecule has 0 spiro atoms. The molecule has 0 bridgehead atoms. The zero-order valence-electron chi connectivity index (χ0n) is 6.12. The second-order valence-electron chi connectivity index (χ2n) is 2.49. The van der Waals surface area contributed by atoms with Crippen LogP contribution in [0.15, 0.2) is 24.3 Å². The normalized spacial score (nSPS) is 22.0. The Hall–Kier alpha value is 0.269. The zero-order chi connectivity index (χ0) is 7.84. The van der Waals surface area contributed by atoms with E-state index in [1.54, 1.807) is 4.46 Å². The standard InChI is InChI=1S/C8H8INSe/c1-10-6-4-2-3-5-7(6)11-8(10)9/h2-5,8H,1H3. The van der Waals surface area contributed by atoms with Crippen molar-refractivity contribution < 1.29 is 0 Å². The maximum absolute atomic E-state index is 2.51. The van der Waals surface area contributed by atoms with E-state index in [0.717, 1.165) is 0 Å². The van der Waals surface area contributed by atoms with E-state index in [1.165, 1.54) is 5.69 Å². The maximum atomic E-state index is 2.51. The molecule has 1 unspecified atom stereocenters. The van der Waals surface area contributed by atoms with Gasteiger partial charge >= 0.3 is 86.9 Å². The van der Waals surface area contributed by atoms with Crippen molar-refractivity contribution in [3.63, 3.8) is 0 Å². The molecule has 0 fully saturated rings. The number of anilines is 1. The number of nitrogens with zero attached hydrogens (tertiary/aromatic N) is 1. The van der Waals surface area contributed by atoms with E-state index in [9.17, 15) is 0 Å². The second kappa shape index (κ2) is 2.96. The molecule has 11 heavy (non-hydrogen) atoms. The number of halogens is 1. The van der Waals surface area contributed by atoms with Gasteiger partial charge in [0.15, 0.2) is 0 Å². The van der Waals surface area contributed by atoms with Gasteiger partial charge in [-0.1, -0.05) is 0 Å². The first-order valence-corrected chi connectivity index (χ1v) is 6.51. The molecule has 1 heterocycles. The van der Waals surface area contributed by atoms with Crippen molar-refractivity contribution in [2.75, 3.05) is 11.9 Å². The van der Waals surface area contributed by atoms with Gasteiger partial charge in [0.25, 0.3) is 0 Å². The van der Waals surface area contributed by atoms with Crippen LogP contribution >= 0.6 is 22.6 Å². The summed E-state index contributed by atoms with van der Waals surface area (Å²) in [5.74, 6) is 0. The summed E-state index contributed by atoms with van der Waals surface area (Å²) >= 11 is 3.15. The Morgan fingerprint density at radius 2 is 2.18 bits per heavy atom. The molecule has 1 aliphatic rings. The molecule has 0 aliphatic carbocycles. The summed E-state index contributed by atoms with van der Waals surface area (Å²) in [6.45, 7) is 0. The number of hydrogen-bond donors (Lipinski definition) is 0. The molecule has 0 N–H and O–H groups in total. The predicted molar refractivity (Wildman–Crippen MR) is 58.0 cm³/mol. The molecule has 0 radical (unpaired) electrons. The molecule has 0 saturated heterocycles. The summed E-state index contributed by atoms with van der Waals surface area (Å²) in [6.07, 6.45) is 0. The monoisotopic (exact) mass is 325 g/mol. The van der Waals surface area contributed by atoms with Crippen LogP contribution in [-0.4, -0.2) is 25.0 Å². The van der Waals surface area contributed by atoms with Gasteiger partial charge in [0.1, 0.15) is 0 Å². The first-order chi connectivity index (χ1) is 5.29. The van der Waals surface area contributed by atoms with Crippen molar-refractivity contribution in [3.8, 4) is 0 Å². The number of benzene rings is 1. The molecule has 3 heteroatoms. The van der Waals surface area contributed by atoms with E-state index >= 15 is 0 Å². The van der Waals surface area contributed by atoms with Gasteiger partial charge in [-0.25, -0.2) is 0 Å². The van der Waals surface area contributed by atoms with E-state index in [-0.39, 0.29) is 0 Å². The Morgan fingerprint density at radius 1 is 1.45 bits per heavy atom. The van der Waals surface area contributed by atoms with Crippen LogP contribution in [0.4, 0.5) is 5.69 Å². The zero-order valence-corrected chi connectivity index (χ0v) is 9.99. The van der Waals surface area contributed by atoms with Gasteiger partial charge < -0.3 is 0 Å². The molecule has 0 saturated carbocycles. The molecule has 0 amide bonds. The minimum atomic E-state index is 0.645. The summed E-state index contributed by atoms with van der Waals surface area (Å²) in [4.78, 5) is 2.36. The Balaban J connectivity index is 2.47. The summed E-state index contributed by atoms with van der Waals surface area (Å²) < 4.78 is 2.25. The molecular formula is C8H8INSe. The third-order valence-electron chi connectivity index (χ3n) is 1.77. The van der Waals surface area contributed by atoms with Gasteiger partial charge in [-0.15, -0.1) is 0 Å². The van der Waals surface area contributed by atoms with Crippen molar-refractivity contribution in [1.82, 2.24) is 0 Å². The summed E-state index contributed by atoms with van der Waals surface area (Å²) in [7, 11) is 2.17. The number of para-hydroxylation sites is 1. The first-order valence-electron chi connectivity index (χ1n) is 3.41. The molecule has 1 aliphatic heterocycles.